The molecule has 2 aliphatic rings. The minimum absolute atomic E-state index is 0.0480. The Labute approximate surface area is 87.8 Å². The number of likely N-dealkylation sites (tertiary alicyclic amines) is 1. The monoisotopic (exact) mass is 245 g/mol. The average molecular weight is 246 g/mol. The molecule has 1 saturated carbocycles. The van der Waals surface area contributed by atoms with Gasteiger partial charge in [-0.15, -0.1) is 0 Å². The lowest BCUT2D eigenvalue weighted by atomic mass is 10.1. The van der Waals surface area contributed by atoms with Gasteiger partial charge in [-0.05, 0) is 31.6 Å². The van der Waals surface area contributed by atoms with Gasteiger partial charge in [-0.3, -0.25) is 4.79 Å². The molecule has 2 nitrogen and oxygen atoms in total. The highest BCUT2D eigenvalue weighted by Crippen LogP contribution is 2.38. The molecule has 1 aliphatic carbocycles. The summed E-state index contributed by atoms with van der Waals surface area (Å²) in [5.41, 5.74) is 0. The maximum absolute atomic E-state index is 11.8. The molecule has 1 aliphatic heterocycles. The number of carbonyl (C=O) groups is 1. The molecule has 0 radical (unpaired) electrons. The van der Waals surface area contributed by atoms with Crippen molar-refractivity contribution >= 4 is 21.8 Å². The molecule has 1 amide bonds. The van der Waals surface area contributed by atoms with Crippen LogP contribution in [0.4, 0.5) is 0 Å². The Kier molecular flexibility index (Phi) is 2.63. The second kappa shape index (κ2) is 3.60. The van der Waals surface area contributed by atoms with Gasteiger partial charge in [0, 0.05) is 12.6 Å². The van der Waals surface area contributed by atoms with Crippen molar-refractivity contribution in [1.82, 2.24) is 4.90 Å². The first-order valence-corrected chi connectivity index (χ1v) is 6.08. The fourth-order valence-electron chi connectivity index (χ4n) is 2.55. The van der Waals surface area contributed by atoms with Crippen LogP contribution in [0.2, 0.25) is 0 Å². The first kappa shape index (κ1) is 9.50. The summed E-state index contributed by atoms with van der Waals surface area (Å²) in [7, 11) is 0. The zero-order chi connectivity index (χ0) is 9.42. The lowest BCUT2D eigenvalue weighted by Crippen LogP contribution is -2.41. The molecule has 2 bridgehead atoms. The second-order valence-corrected chi connectivity index (χ2v) is 5.30. The molecular formula is C10H16BrNO. The highest BCUT2D eigenvalue weighted by molar-refractivity contribution is 9.10. The third-order valence-corrected chi connectivity index (χ3v) is 4.36. The normalized spacial score (nSPS) is 33.8. The van der Waals surface area contributed by atoms with Crippen molar-refractivity contribution in [2.75, 3.05) is 6.54 Å². The molecule has 1 saturated heterocycles. The van der Waals surface area contributed by atoms with Crippen LogP contribution < -0.4 is 0 Å². The van der Waals surface area contributed by atoms with E-state index in [-0.39, 0.29) is 4.83 Å². The number of carbonyl (C=O) groups excluding carboxylic acids is 1. The SMILES string of the molecule is CCC(Br)C(=O)N1CC2CCC1C2. The van der Waals surface area contributed by atoms with Crippen molar-refractivity contribution in [3.63, 3.8) is 0 Å². The Morgan fingerprint density at radius 1 is 1.62 bits per heavy atom. The molecule has 3 unspecified atom stereocenters. The highest BCUT2D eigenvalue weighted by atomic mass is 79.9. The topological polar surface area (TPSA) is 20.3 Å². The Morgan fingerprint density at radius 2 is 2.38 bits per heavy atom. The van der Waals surface area contributed by atoms with E-state index in [1.807, 2.05) is 6.92 Å². The predicted octanol–water partition coefficient (Wildman–Crippen LogP) is 2.17. The summed E-state index contributed by atoms with van der Waals surface area (Å²) in [5.74, 6) is 1.13. The van der Waals surface area contributed by atoms with Gasteiger partial charge < -0.3 is 4.90 Å². The van der Waals surface area contributed by atoms with E-state index < -0.39 is 0 Å². The molecule has 0 spiro atoms. The Balaban J connectivity index is 1.98. The summed E-state index contributed by atoms with van der Waals surface area (Å²) in [6, 6.07) is 0.573. The number of halogens is 1. The minimum Gasteiger partial charge on any atom is -0.338 e. The summed E-state index contributed by atoms with van der Waals surface area (Å²) >= 11 is 3.43. The van der Waals surface area contributed by atoms with Gasteiger partial charge in [0.1, 0.15) is 0 Å². The van der Waals surface area contributed by atoms with Crippen LogP contribution >= 0.6 is 15.9 Å². The van der Waals surface area contributed by atoms with Crippen LogP contribution in [-0.4, -0.2) is 28.2 Å². The van der Waals surface area contributed by atoms with Crippen LogP contribution in [0, 0.1) is 5.92 Å². The van der Waals surface area contributed by atoms with Crippen LogP contribution in [0.3, 0.4) is 0 Å². The van der Waals surface area contributed by atoms with E-state index in [1.54, 1.807) is 0 Å². The van der Waals surface area contributed by atoms with Crippen LogP contribution in [0.25, 0.3) is 0 Å². The molecule has 2 fully saturated rings. The van der Waals surface area contributed by atoms with Crippen LogP contribution in [0.5, 0.6) is 0 Å². The number of nitrogens with zero attached hydrogens (tertiary/aromatic N) is 1. The number of amides is 1. The molecule has 3 atom stereocenters. The second-order valence-electron chi connectivity index (χ2n) is 4.20. The van der Waals surface area contributed by atoms with Crippen molar-refractivity contribution in [3.05, 3.63) is 0 Å². The maximum Gasteiger partial charge on any atom is 0.236 e. The molecule has 0 aromatic heterocycles. The van der Waals surface area contributed by atoms with E-state index in [0.717, 1.165) is 18.9 Å². The minimum atomic E-state index is 0.0480. The van der Waals surface area contributed by atoms with Gasteiger partial charge >= 0.3 is 0 Å². The Hall–Kier alpha value is -0.0500. The summed E-state index contributed by atoms with van der Waals surface area (Å²) in [4.78, 5) is 14.0. The highest BCUT2D eigenvalue weighted by Gasteiger charge is 2.41. The zero-order valence-electron chi connectivity index (χ0n) is 8.00. The van der Waals surface area contributed by atoms with Crippen molar-refractivity contribution in [2.45, 2.75) is 43.5 Å². The number of piperidine rings is 1. The summed E-state index contributed by atoms with van der Waals surface area (Å²) < 4.78 is 0. The third kappa shape index (κ3) is 1.63. The zero-order valence-corrected chi connectivity index (χ0v) is 9.59. The van der Waals surface area contributed by atoms with E-state index in [0.29, 0.717) is 11.9 Å². The van der Waals surface area contributed by atoms with Gasteiger partial charge in [-0.25, -0.2) is 0 Å². The van der Waals surface area contributed by atoms with Crippen molar-refractivity contribution < 1.29 is 4.79 Å². The van der Waals surface area contributed by atoms with Crippen LogP contribution in [0.1, 0.15) is 32.6 Å². The molecule has 2 rings (SSSR count). The van der Waals surface area contributed by atoms with Gasteiger partial charge in [0.15, 0.2) is 0 Å². The molecule has 74 valence electrons. The fraction of sp³-hybridized carbons (Fsp3) is 0.900. The van der Waals surface area contributed by atoms with Gasteiger partial charge in [0.2, 0.25) is 5.91 Å². The Bertz CT molecular complexity index is 219. The van der Waals surface area contributed by atoms with E-state index in [9.17, 15) is 4.79 Å². The van der Waals surface area contributed by atoms with Crippen molar-refractivity contribution in [1.29, 1.82) is 0 Å². The number of alkyl halides is 1. The number of rotatable bonds is 2. The largest absolute Gasteiger partial charge is 0.338 e. The van der Waals surface area contributed by atoms with Crippen molar-refractivity contribution in [3.8, 4) is 0 Å². The lowest BCUT2D eigenvalue weighted by molar-refractivity contribution is -0.132. The van der Waals surface area contributed by atoms with Crippen molar-refractivity contribution in [2.24, 2.45) is 5.92 Å². The molecule has 13 heavy (non-hydrogen) atoms. The lowest BCUT2D eigenvalue weighted by Gasteiger charge is -2.28. The Morgan fingerprint density at radius 3 is 2.85 bits per heavy atom. The molecule has 0 aromatic rings. The molecule has 3 heteroatoms. The standard InChI is InChI=1S/C10H16BrNO/c1-2-9(11)10(13)12-6-7-3-4-8(12)5-7/h7-9H,2-6H2,1H3. The van der Waals surface area contributed by atoms with E-state index in [2.05, 4.69) is 20.8 Å². The van der Waals surface area contributed by atoms with E-state index >= 15 is 0 Å². The van der Waals surface area contributed by atoms with Gasteiger partial charge in [-0.2, -0.15) is 0 Å². The molecule has 0 aromatic carbocycles. The van der Waals surface area contributed by atoms with Crippen LogP contribution in [0.15, 0.2) is 0 Å². The van der Waals surface area contributed by atoms with E-state index in [4.69, 9.17) is 0 Å². The third-order valence-electron chi connectivity index (χ3n) is 3.32. The van der Waals surface area contributed by atoms with E-state index in [1.165, 1.54) is 19.3 Å². The number of hydrogen-bond donors (Lipinski definition) is 0. The number of fused-ring (bicyclic) bond motifs is 2. The summed E-state index contributed by atoms with van der Waals surface area (Å²) in [6.45, 7) is 3.07. The van der Waals surface area contributed by atoms with Gasteiger partial charge in [-0.1, -0.05) is 22.9 Å². The van der Waals surface area contributed by atoms with Gasteiger partial charge in [0.05, 0.1) is 4.83 Å². The predicted molar refractivity (Wildman–Crippen MR) is 55.8 cm³/mol. The summed E-state index contributed by atoms with van der Waals surface area (Å²) in [5, 5.41) is 0. The quantitative estimate of drug-likeness (QED) is 0.684. The molecule has 0 N–H and O–H groups in total. The first-order valence-electron chi connectivity index (χ1n) is 5.17. The number of hydrogen-bond acceptors (Lipinski definition) is 1. The molecular weight excluding hydrogens is 230 g/mol. The smallest absolute Gasteiger partial charge is 0.236 e. The average Bonchev–Trinajstić information content (AvgIpc) is 2.76. The first-order chi connectivity index (χ1) is 6.22. The maximum atomic E-state index is 11.8. The van der Waals surface area contributed by atoms with Crippen LogP contribution in [-0.2, 0) is 4.79 Å². The van der Waals surface area contributed by atoms with Gasteiger partial charge in [0.25, 0.3) is 0 Å². The molecule has 1 heterocycles. The summed E-state index contributed by atoms with van der Waals surface area (Å²) in [6.07, 6.45) is 4.73. The fourth-order valence-corrected chi connectivity index (χ4v) is 2.81.